The summed E-state index contributed by atoms with van der Waals surface area (Å²) in [5.74, 6) is 0.111. The first-order valence-corrected chi connectivity index (χ1v) is 7.85. The van der Waals surface area contributed by atoms with Crippen LogP contribution in [-0.4, -0.2) is 49.2 Å². The molecule has 21 heavy (non-hydrogen) atoms. The smallest absolute Gasteiger partial charge is 0.171 e. The maximum Gasteiger partial charge on any atom is 0.171 e. The second kappa shape index (κ2) is 6.23. The highest BCUT2D eigenvalue weighted by Gasteiger charge is 2.39. The number of amidine groups is 1. The van der Waals surface area contributed by atoms with Crippen molar-refractivity contribution < 1.29 is 5.21 Å². The van der Waals surface area contributed by atoms with Crippen molar-refractivity contribution in [2.45, 2.75) is 24.8 Å². The third-order valence-electron chi connectivity index (χ3n) is 4.54. The zero-order chi connectivity index (χ0) is 15.6. The van der Waals surface area contributed by atoms with Crippen LogP contribution in [0.4, 0.5) is 5.69 Å². The zero-order valence-corrected chi connectivity index (χ0v) is 14.4. The van der Waals surface area contributed by atoms with Gasteiger partial charge in [-0.2, -0.15) is 0 Å². The normalized spacial score (nSPS) is 17.7. The zero-order valence-electron chi connectivity index (χ0n) is 12.8. The molecule has 0 bridgehead atoms. The van der Waals surface area contributed by atoms with Gasteiger partial charge in [0.1, 0.15) is 0 Å². The number of likely N-dealkylation sites (N-methyl/N-ethyl adjacent to an activating group) is 2. The Balaban J connectivity index is 2.17. The molecule has 1 fully saturated rings. The van der Waals surface area contributed by atoms with E-state index in [-0.39, 0.29) is 11.4 Å². The molecule has 1 aromatic carbocycles. The van der Waals surface area contributed by atoms with E-state index in [1.807, 2.05) is 18.2 Å². The molecule has 1 saturated carbocycles. The standard InChI is InChI=1S/C15H23BrN4O/c1-19(2)15(7-4-8-15)10-20(3)11-5-6-12(13(16)9-11)14(17)18-21/h5-6,9,21H,4,7-8,10H2,1-3H3,(H2,17,18). The maximum atomic E-state index is 8.77. The van der Waals surface area contributed by atoms with Gasteiger partial charge in [0.05, 0.1) is 0 Å². The van der Waals surface area contributed by atoms with Crippen molar-refractivity contribution in [1.29, 1.82) is 0 Å². The lowest BCUT2D eigenvalue weighted by atomic mass is 9.75. The number of benzene rings is 1. The predicted molar refractivity (Wildman–Crippen MR) is 90.2 cm³/mol. The fraction of sp³-hybridized carbons (Fsp3) is 0.533. The van der Waals surface area contributed by atoms with Gasteiger partial charge in [-0.3, -0.25) is 0 Å². The first-order chi connectivity index (χ1) is 9.89. The third kappa shape index (κ3) is 3.16. The first kappa shape index (κ1) is 16.1. The highest BCUT2D eigenvalue weighted by Crippen LogP contribution is 2.37. The van der Waals surface area contributed by atoms with Gasteiger partial charge in [-0.25, -0.2) is 0 Å². The van der Waals surface area contributed by atoms with Crippen LogP contribution in [0.2, 0.25) is 0 Å². The maximum absolute atomic E-state index is 8.77. The molecule has 0 amide bonds. The van der Waals surface area contributed by atoms with Crippen LogP contribution >= 0.6 is 15.9 Å². The SMILES string of the molecule is CN(CC1(N(C)C)CCC1)c1ccc(/C(N)=N/O)c(Br)c1. The molecule has 116 valence electrons. The van der Waals surface area contributed by atoms with Gasteiger partial charge in [-0.05, 0) is 67.5 Å². The molecule has 1 aliphatic rings. The van der Waals surface area contributed by atoms with Crippen LogP contribution in [0, 0.1) is 0 Å². The first-order valence-electron chi connectivity index (χ1n) is 7.06. The van der Waals surface area contributed by atoms with Crippen molar-refractivity contribution in [3.8, 4) is 0 Å². The number of nitrogens with zero attached hydrogens (tertiary/aromatic N) is 3. The molecule has 0 spiro atoms. The molecule has 0 atom stereocenters. The Bertz CT molecular complexity index is 540. The average Bonchev–Trinajstić information content (AvgIpc) is 2.41. The lowest BCUT2D eigenvalue weighted by Gasteiger charge is -2.49. The summed E-state index contributed by atoms with van der Waals surface area (Å²) in [5, 5.41) is 11.8. The Hall–Kier alpha value is -1.27. The van der Waals surface area contributed by atoms with Gasteiger partial charge in [0.2, 0.25) is 0 Å². The van der Waals surface area contributed by atoms with Crippen LogP contribution in [0.25, 0.3) is 0 Å². The number of nitrogens with two attached hydrogens (primary N) is 1. The number of hydrogen-bond acceptors (Lipinski definition) is 4. The van der Waals surface area contributed by atoms with Crippen molar-refractivity contribution in [1.82, 2.24) is 4.90 Å². The fourth-order valence-electron chi connectivity index (χ4n) is 2.87. The van der Waals surface area contributed by atoms with Crippen LogP contribution in [0.5, 0.6) is 0 Å². The highest BCUT2D eigenvalue weighted by atomic mass is 79.9. The average molecular weight is 355 g/mol. The summed E-state index contributed by atoms with van der Waals surface area (Å²) in [7, 11) is 6.42. The topological polar surface area (TPSA) is 65.1 Å². The van der Waals surface area contributed by atoms with Gasteiger partial charge in [0.15, 0.2) is 5.84 Å². The predicted octanol–water partition coefficient (Wildman–Crippen LogP) is 2.46. The summed E-state index contributed by atoms with van der Waals surface area (Å²) in [5.41, 5.74) is 7.74. The van der Waals surface area contributed by atoms with Gasteiger partial charge in [-0.1, -0.05) is 5.16 Å². The van der Waals surface area contributed by atoms with Gasteiger partial charge in [-0.15, -0.1) is 0 Å². The summed E-state index contributed by atoms with van der Waals surface area (Å²) < 4.78 is 0.828. The van der Waals surface area contributed by atoms with Crippen LogP contribution < -0.4 is 10.6 Å². The summed E-state index contributed by atoms with van der Waals surface area (Å²) >= 11 is 3.49. The van der Waals surface area contributed by atoms with E-state index in [2.05, 4.69) is 52.0 Å². The molecule has 0 heterocycles. The largest absolute Gasteiger partial charge is 0.409 e. The molecule has 1 aromatic rings. The van der Waals surface area contributed by atoms with Crippen LogP contribution in [-0.2, 0) is 0 Å². The molecular formula is C15H23BrN4O. The van der Waals surface area contributed by atoms with E-state index >= 15 is 0 Å². The summed E-state index contributed by atoms with van der Waals surface area (Å²) in [6.45, 7) is 0.995. The van der Waals surface area contributed by atoms with E-state index in [9.17, 15) is 0 Å². The van der Waals surface area contributed by atoms with Crippen LogP contribution in [0.3, 0.4) is 0 Å². The van der Waals surface area contributed by atoms with Gasteiger partial charge in [0, 0.05) is 34.9 Å². The minimum absolute atomic E-state index is 0.111. The Kier molecular flexibility index (Phi) is 4.78. The number of rotatable bonds is 5. The molecule has 0 aliphatic heterocycles. The van der Waals surface area contributed by atoms with Crippen molar-refractivity contribution in [2.24, 2.45) is 10.9 Å². The fourth-order valence-corrected chi connectivity index (χ4v) is 3.44. The molecule has 1 aliphatic carbocycles. The third-order valence-corrected chi connectivity index (χ3v) is 5.20. The van der Waals surface area contributed by atoms with Gasteiger partial charge >= 0.3 is 0 Å². The van der Waals surface area contributed by atoms with Crippen molar-refractivity contribution >= 4 is 27.5 Å². The van der Waals surface area contributed by atoms with Gasteiger partial charge < -0.3 is 20.7 Å². The van der Waals surface area contributed by atoms with Crippen LogP contribution in [0.1, 0.15) is 24.8 Å². The Morgan fingerprint density at radius 2 is 2.05 bits per heavy atom. The lowest BCUT2D eigenvalue weighted by molar-refractivity contribution is 0.0683. The molecule has 2 rings (SSSR count). The molecule has 0 unspecified atom stereocenters. The Labute approximate surface area is 134 Å². The molecule has 5 nitrogen and oxygen atoms in total. The molecule has 0 radical (unpaired) electrons. The van der Waals surface area contributed by atoms with Crippen LogP contribution in [0.15, 0.2) is 27.8 Å². The molecule has 0 saturated heterocycles. The molecular weight excluding hydrogens is 332 g/mol. The Morgan fingerprint density at radius 3 is 2.48 bits per heavy atom. The summed E-state index contributed by atoms with van der Waals surface area (Å²) in [6.07, 6.45) is 3.79. The molecule has 0 aromatic heterocycles. The summed E-state index contributed by atoms with van der Waals surface area (Å²) in [4.78, 5) is 4.60. The monoisotopic (exact) mass is 354 g/mol. The molecule has 6 heteroatoms. The molecule has 3 N–H and O–H groups in total. The van der Waals surface area contributed by atoms with E-state index in [0.717, 1.165) is 16.7 Å². The lowest BCUT2D eigenvalue weighted by Crippen LogP contribution is -2.56. The van der Waals surface area contributed by atoms with E-state index in [0.29, 0.717) is 5.56 Å². The number of halogens is 1. The van der Waals surface area contributed by atoms with Crippen molar-refractivity contribution in [3.63, 3.8) is 0 Å². The number of hydrogen-bond donors (Lipinski definition) is 2. The van der Waals surface area contributed by atoms with E-state index in [1.54, 1.807) is 0 Å². The second-order valence-electron chi connectivity index (χ2n) is 5.98. The van der Waals surface area contributed by atoms with Crippen molar-refractivity contribution in [2.75, 3.05) is 32.6 Å². The highest BCUT2D eigenvalue weighted by molar-refractivity contribution is 9.10. The number of anilines is 1. The van der Waals surface area contributed by atoms with E-state index in [4.69, 9.17) is 10.9 Å². The second-order valence-corrected chi connectivity index (χ2v) is 6.83. The quantitative estimate of drug-likeness (QED) is 0.369. The Morgan fingerprint density at radius 1 is 1.38 bits per heavy atom. The minimum atomic E-state index is 0.111. The van der Waals surface area contributed by atoms with E-state index < -0.39 is 0 Å². The minimum Gasteiger partial charge on any atom is -0.409 e. The van der Waals surface area contributed by atoms with Crippen molar-refractivity contribution in [3.05, 3.63) is 28.2 Å². The van der Waals surface area contributed by atoms with Gasteiger partial charge in [0.25, 0.3) is 0 Å². The summed E-state index contributed by atoms with van der Waals surface area (Å²) in [6, 6.07) is 5.88. The van der Waals surface area contributed by atoms with E-state index in [1.165, 1.54) is 19.3 Å². The number of oxime groups is 1.